The van der Waals surface area contributed by atoms with E-state index in [-0.39, 0.29) is 18.1 Å². The van der Waals surface area contributed by atoms with Crippen molar-refractivity contribution in [1.82, 2.24) is 15.0 Å². The Balaban J connectivity index is 1.96. The van der Waals surface area contributed by atoms with Crippen LogP contribution in [0.1, 0.15) is 17.2 Å². The van der Waals surface area contributed by atoms with Crippen molar-refractivity contribution >= 4 is 10.0 Å². The van der Waals surface area contributed by atoms with Crippen molar-refractivity contribution in [1.29, 1.82) is 0 Å². The third-order valence-corrected chi connectivity index (χ3v) is 4.68. The van der Waals surface area contributed by atoms with E-state index in [2.05, 4.69) is 10.3 Å². The number of hydrogen-bond acceptors (Lipinski definition) is 6. The lowest BCUT2D eigenvalue weighted by atomic mass is 10.1. The molecule has 0 amide bonds. The second-order valence-electron chi connectivity index (χ2n) is 6.75. The van der Waals surface area contributed by atoms with E-state index in [1.54, 1.807) is 4.72 Å². The molecule has 2 aromatic rings. The van der Waals surface area contributed by atoms with E-state index in [0.29, 0.717) is 24.9 Å². The maximum absolute atomic E-state index is 13.2. The Morgan fingerprint density at radius 3 is 2.32 bits per heavy atom. The molecule has 12 heteroatoms. The number of benzene rings is 1. The summed E-state index contributed by atoms with van der Waals surface area (Å²) in [5.41, 5.74) is 0.463. The predicted molar refractivity (Wildman–Crippen MR) is 105 cm³/mol. The number of nitrogens with one attached hydrogen (secondary N) is 2. The Morgan fingerprint density at radius 2 is 1.81 bits per heavy atom. The van der Waals surface area contributed by atoms with E-state index >= 15 is 0 Å². The number of rotatable bonds is 11. The van der Waals surface area contributed by atoms with E-state index in [0.717, 1.165) is 6.20 Å². The lowest BCUT2D eigenvalue weighted by Crippen LogP contribution is -2.37. The number of sulfonamides is 1. The molecule has 172 valence electrons. The summed E-state index contributed by atoms with van der Waals surface area (Å²) in [6, 6.07) is 5.66. The molecule has 2 rings (SSSR count). The highest BCUT2D eigenvalue weighted by molar-refractivity contribution is 7.88. The summed E-state index contributed by atoms with van der Waals surface area (Å²) in [6.07, 6.45) is -3.51. The summed E-state index contributed by atoms with van der Waals surface area (Å²) in [5, 5.41) is 3.09. The minimum absolute atomic E-state index is 0.218. The van der Waals surface area contributed by atoms with Gasteiger partial charge in [-0.1, -0.05) is 24.3 Å². The van der Waals surface area contributed by atoms with Gasteiger partial charge in [-0.2, -0.15) is 17.9 Å². The summed E-state index contributed by atoms with van der Waals surface area (Å²) < 4.78 is 87.4. The quantitative estimate of drug-likeness (QED) is 0.496. The Hall–Kier alpha value is -2.28. The van der Waals surface area contributed by atoms with Crippen LogP contribution in [0.15, 0.2) is 42.6 Å². The van der Waals surface area contributed by atoms with Crippen LogP contribution in [0.25, 0.3) is 0 Å². The first-order chi connectivity index (χ1) is 14.5. The minimum Gasteiger partial charge on any atom is -0.471 e. The van der Waals surface area contributed by atoms with Crippen LogP contribution in [0.2, 0.25) is 0 Å². The molecule has 0 aliphatic rings. The molecule has 1 aromatic heterocycles. The fourth-order valence-corrected chi connectivity index (χ4v) is 3.36. The lowest BCUT2D eigenvalue weighted by molar-refractivity contribution is -0.153. The van der Waals surface area contributed by atoms with E-state index in [9.17, 15) is 26.0 Å². The molecule has 0 spiro atoms. The molecule has 0 radical (unpaired) electrons. The first kappa shape index (κ1) is 25.0. The average Bonchev–Trinajstić information content (AvgIpc) is 2.67. The van der Waals surface area contributed by atoms with Gasteiger partial charge in [0.25, 0.3) is 0 Å². The van der Waals surface area contributed by atoms with Gasteiger partial charge < -0.3 is 14.8 Å². The molecule has 1 aromatic carbocycles. The highest BCUT2D eigenvalue weighted by Gasteiger charge is 2.42. The second-order valence-corrected chi connectivity index (χ2v) is 8.53. The summed E-state index contributed by atoms with van der Waals surface area (Å²) in [7, 11) is -2.56. The Bertz CT molecular complexity index is 923. The van der Waals surface area contributed by atoms with Crippen molar-refractivity contribution < 1.29 is 35.5 Å². The third-order valence-electron chi connectivity index (χ3n) is 4.01. The number of methoxy groups -OCH3 is 1. The molecule has 0 fully saturated rings. The molecule has 0 saturated heterocycles. The van der Waals surface area contributed by atoms with Gasteiger partial charge in [-0.3, -0.25) is 0 Å². The Labute approximate surface area is 177 Å². The van der Waals surface area contributed by atoms with Crippen LogP contribution in [-0.4, -0.2) is 52.2 Å². The molecule has 0 aliphatic heterocycles. The largest absolute Gasteiger partial charge is 0.471 e. The molecule has 2 N–H and O–H groups in total. The van der Waals surface area contributed by atoms with Gasteiger partial charge in [0.1, 0.15) is 18.0 Å². The van der Waals surface area contributed by atoms with Crippen LogP contribution in [0.4, 0.5) is 17.6 Å². The monoisotopic (exact) mass is 465 g/mol. The molecule has 7 nitrogen and oxygen atoms in total. The van der Waals surface area contributed by atoms with Crippen molar-refractivity contribution in [2.24, 2.45) is 0 Å². The molecule has 31 heavy (non-hydrogen) atoms. The topological polar surface area (TPSA) is 89.6 Å². The number of nitrogens with zero attached hydrogens (tertiary/aromatic N) is 1. The normalized spacial score (nSPS) is 14.3. The zero-order chi connectivity index (χ0) is 23.1. The summed E-state index contributed by atoms with van der Waals surface area (Å²) in [4.78, 5) is 3.82. The van der Waals surface area contributed by atoms with Gasteiger partial charge in [0.2, 0.25) is 15.9 Å². The second kappa shape index (κ2) is 10.8. The van der Waals surface area contributed by atoms with E-state index in [4.69, 9.17) is 9.47 Å². The molecular formula is C19H23F4N3O4S. The number of alkyl halides is 3. The molecule has 0 saturated carbocycles. The maximum atomic E-state index is 13.2. The van der Waals surface area contributed by atoms with Crippen LogP contribution in [0, 0.1) is 5.82 Å². The fraction of sp³-hybridized carbons (Fsp3) is 0.421. The number of pyridine rings is 1. The Morgan fingerprint density at radius 1 is 1.13 bits per heavy atom. The Kier molecular flexibility index (Phi) is 8.74. The van der Waals surface area contributed by atoms with Crippen molar-refractivity contribution in [3.05, 3.63) is 59.5 Å². The van der Waals surface area contributed by atoms with E-state index in [1.165, 1.54) is 43.5 Å². The molecule has 2 atom stereocenters. The van der Waals surface area contributed by atoms with Crippen LogP contribution in [0.3, 0.4) is 0 Å². The van der Waals surface area contributed by atoms with Crippen LogP contribution in [0.5, 0.6) is 5.88 Å². The zero-order valence-corrected chi connectivity index (χ0v) is 17.6. The van der Waals surface area contributed by atoms with Gasteiger partial charge in [0.05, 0.1) is 19.1 Å². The van der Waals surface area contributed by atoms with Crippen LogP contribution >= 0.6 is 0 Å². The standard InChI is InChI=1S/C19H23F4N3O4S/c1-29-12-16(30-17-8-7-15(20)10-25-17)11-24-9-13-3-5-14(6-4-13)18(19(21,22)23)26-31(2,27)28/h3-8,10,16,18,24,26H,9,11-12H2,1-2H3. The van der Waals surface area contributed by atoms with Crippen molar-refractivity contribution in [2.45, 2.75) is 24.9 Å². The number of ether oxygens (including phenoxy) is 2. The van der Waals surface area contributed by atoms with Crippen molar-refractivity contribution in [3.63, 3.8) is 0 Å². The summed E-state index contributed by atoms with van der Waals surface area (Å²) in [5.74, 6) is -0.261. The van der Waals surface area contributed by atoms with Gasteiger partial charge in [-0.25, -0.2) is 17.8 Å². The van der Waals surface area contributed by atoms with E-state index < -0.39 is 34.2 Å². The van der Waals surface area contributed by atoms with Crippen LogP contribution in [-0.2, 0) is 21.3 Å². The molecule has 0 aliphatic carbocycles. The van der Waals surface area contributed by atoms with Gasteiger partial charge in [-0.05, 0) is 17.2 Å². The molecule has 2 unspecified atom stereocenters. The summed E-state index contributed by atoms with van der Waals surface area (Å²) >= 11 is 0. The molecule has 0 bridgehead atoms. The molecule has 1 heterocycles. The summed E-state index contributed by atoms with van der Waals surface area (Å²) in [6.45, 7) is 0.877. The first-order valence-corrected chi connectivity index (χ1v) is 11.0. The number of aromatic nitrogens is 1. The SMILES string of the molecule is COCC(CNCc1ccc(C(NS(C)(=O)=O)C(F)(F)F)cc1)Oc1ccc(F)cn1. The third kappa shape index (κ3) is 8.77. The van der Waals surface area contributed by atoms with Gasteiger partial charge in [0.15, 0.2) is 0 Å². The number of hydrogen-bond donors (Lipinski definition) is 2. The highest BCUT2D eigenvalue weighted by Crippen LogP contribution is 2.33. The van der Waals surface area contributed by atoms with E-state index in [1.807, 2.05) is 0 Å². The fourth-order valence-electron chi connectivity index (χ4n) is 2.67. The zero-order valence-electron chi connectivity index (χ0n) is 16.8. The molecular weight excluding hydrogens is 442 g/mol. The number of halogens is 4. The smallest absolute Gasteiger partial charge is 0.408 e. The van der Waals surface area contributed by atoms with Crippen molar-refractivity contribution in [2.75, 3.05) is 26.5 Å². The first-order valence-electron chi connectivity index (χ1n) is 9.08. The van der Waals surface area contributed by atoms with Crippen LogP contribution < -0.4 is 14.8 Å². The van der Waals surface area contributed by atoms with Gasteiger partial charge in [-0.15, -0.1) is 0 Å². The average molecular weight is 465 g/mol. The predicted octanol–water partition coefficient (Wildman–Crippen LogP) is 2.56. The highest BCUT2D eigenvalue weighted by atomic mass is 32.2. The van der Waals surface area contributed by atoms with Crippen molar-refractivity contribution in [3.8, 4) is 5.88 Å². The maximum Gasteiger partial charge on any atom is 0.408 e. The lowest BCUT2D eigenvalue weighted by Gasteiger charge is -2.21. The van der Waals surface area contributed by atoms with Gasteiger partial charge in [0, 0.05) is 26.3 Å². The van der Waals surface area contributed by atoms with Gasteiger partial charge >= 0.3 is 6.18 Å². The minimum atomic E-state index is -4.78.